The van der Waals surface area contributed by atoms with E-state index in [0.29, 0.717) is 11.3 Å². The molecule has 0 unspecified atom stereocenters. The first kappa shape index (κ1) is 15.4. The van der Waals surface area contributed by atoms with Gasteiger partial charge in [-0.3, -0.25) is 0 Å². The fourth-order valence-corrected chi connectivity index (χ4v) is 3.87. The summed E-state index contributed by atoms with van der Waals surface area (Å²) in [5.74, 6) is 1.73. The van der Waals surface area contributed by atoms with Crippen molar-refractivity contribution in [1.29, 1.82) is 0 Å². The highest BCUT2D eigenvalue weighted by Crippen LogP contribution is 2.56. The van der Waals surface area contributed by atoms with E-state index in [1.807, 2.05) is 0 Å². The number of methoxy groups -OCH3 is 1. The van der Waals surface area contributed by atoms with Crippen LogP contribution in [0.5, 0.6) is 5.75 Å². The summed E-state index contributed by atoms with van der Waals surface area (Å²) in [6, 6.07) is 8.52. The van der Waals surface area contributed by atoms with Crippen LogP contribution >= 0.6 is 0 Å². The number of hydrogen-bond acceptors (Lipinski definition) is 2. The van der Waals surface area contributed by atoms with Gasteiger partial charge in [-0.05, 0) is 36.8 Å². The highest BCUT2D eigenvalue weighted by Gasteiger charge is 2.50. The molecule has 0 amide bonds. The molecule has 0 saturated heterocycles. The SMILES string of the molecule is COc1ccccc1C1(CNCC(C)C)CC(C)(C)C1. The van der Waals surface area contributed by atoms with E-state index in [1.165, 1.54) is 18.4 Å². The molecular formula is C18H29NO. The third-order valence-electron chi connectivity index (χ3n) is 4.33. The Labute approximate surface area is 123 Å². The minimum Gasteiger partial charge on any atom is -0.496 e. The maximum Gasteiger partial charge on any atom is 0.122 e. The Morgan fingerprint density at radius 3 is 2.40 bits per heavy atom. The van der Waals surface area contributed by atoms with Gasteiger partial charge in [-0.15, -0.1) is 0 Å². The first-order valence-electron chi connectivity index (χ1n) is 7.73. The average Bonchev–Trinajstić information content (AvgIpc) is 2.35. The summed E-state index contributed by atoms with van der Waals surface area (Å²) in [7, 11) is 1.78. The number of para-hydroxylation sites is 1. The zero-order valence-corrected chi connectivity index (χ0v) is 13.6. The van der Waals surface area contributed by atoms with Gasteiger partial charge in [0.25, 0.3) is 0 Å². The molecule has 2 rings (SSSR count). The molecule has 1 fully saturated rings. The van der Waals surface area contributed by atoms with E-state index in [4.69, 9.17) is 4.74 Å². The first-order valence-corrected chi connectivity index (χ1v) is 7.73. The minimum absolute atomic E-state index is 0.241. The molecule has 0 heterocycles. The van der Waals surface area contributed by atoms with E-state index in [1.54, 1.807) is 7.11 Å². The van der Waals surface area contributed by atoms with Crippen LogP contribution < -0.4 is 10.1 Å². The maximum absolute atomic E-state index is 5.60. The summed E-state index contributed by atoms with van der Waals surface area (Å²) < 4.78 is 5.60. The predicted octanol–water partition coefficient (Wildman–Crippen LogP) is 4.00. The van der Waals surface area contributed by atoms with Crippen molar-refractivity contribution < 1.29 is 4.74 Å². The predicted molar refractivity (Wildman–Crippen MR) is 85.4 cm³/mol. The van der Waals surface area contributed by atoms with Crippen molar-refractivity contribution in [3.63, 3.8) is 0 Å². The Hall–Kier alpha value is -1.02. The number of rotatable bonds is 6. The van der Waals surface area contributed by atoms with Crippen molar-refractivity contribution in [2.24, 2.45) is 11.3 Å². The quantitative estimate of drug-likeness (QED) is 0.847. The molecule has 112 valence electrons. The molecule has 1 saturated carbocycles. The average molecular weight is 275 g/mol. The monoisotopic (exact) mass is 275 g/mol. The van der Waals surface area contributed by atoms with Gasteiger partial charge < -0.3 is 10.1 Å². The third kappa shape index (κ3) is 3.17. The fraction of sp³-hybridized carbons (Fsp3) is 0.667. The second-order valence-electron chi connectivity index (χ2n) is 7.52. The number of ether oxygens (including phenoxy) is 1. The number of benzene rings is 1. The Kier molecular flexibility index (Phi) is 4.43. The Bertz CT molecular complexity index is 442. The van der Waals surface area contributed by atoms with E-state index in [-0.39, 0.29) is 5.41 Å². The van der Waals surface area contributed by atoms with Crippen molar-refractivity contribution in [2.75, 3.05) is 20.2 Å². The van der Waals surface area contributed by atoms with Gasteiger partial charge in [-0.2, -0.15) is 0 Å². The molecule has 1 aliphatic carbocycles. The van der Waals surface area contributed by atoms with Gasteiger partial charge in [0.2, 0.25) is 0 Å². The van der Waals surface area contributed by atoms with Crippen molar-refractivity contribution >= 4 is 0 Å². The Morgan fingerprint density at radius 2 is 1.85 bits per heavy atom. The van der Waals surface area contributed by atoms with Crippen molar-refractivity contribution in [1.82, 2.24) is 5.32 Å². The number of nitrogens with one attached hydrogen (secondary N) is 1. The lowest BCUT2D eigenvalue weighted by molar-refractivity contribution is 0.0539. The molecule has 0 spiro atoms. The second-order valence-corrected chi connectivity index (χ2v) is 7.52. The van der Waals surface area contributed by atoms with Crippen LogP contribution in [0.4, 0.5) is 0 Å². The normalized spacial score (nSPS) is 19.7. The number of hydrogen-bond donors (Lipinski definition) is 1. The molecule has 0 aliphatic heterocycles. The molecule has 0 aromatic heterocycles. The summed E-state index contributed by atoms with van der Waals surface area (Å²) in [5, 5.41) is 3.66. The standard InChI is InChI=1S/C18H29NO/c1-14(2)10-19-13-18(11-17(3,4)12-18)15-8-6-7-9-16(15)20-5/h6-9,14,19H,10-13H2,1-5H3. The lowest BCUT2D eigenvalue weighted by Crippen LogP contribution is -2.53. The van der Waals surface area contributed by atoms with Crippen LogP contribution in [0.15, 0.2) is 24.3 Å². The van der Waals surface area contributed by atoms with Crippen molar-refractivity contribution in [2.45, 2.75) is 46.0 Å². The van der Waals surface area contributed by atoms with Crippen LogP contribution in [0.3, 0.4) is 0 Å². The van der Waals surface area contributed by atoms with Gasteiger partial charge in [-0.1, -0.05) is 45.9 Å². The largest absolute Gasteiger partial charge is 0.496 e. The maximum atomic E-state index is 5.60. The molecule has 1 aromatic rings. The van der Waals surface area contributed by atoms with Crippen LogP contribution in [-0.2, 0) is 5.41 Å². The van der Waals surface area contributed by atoms with Gasteiger partial charge in [-0.25, -0.2) is 0 Å². The highest BCUT2D eigenvalue weighted by atomic mass is 16.5. The van der Waals surface area contributed by atoms with Crippen LogP contribution in [-0.4, -0.2) is 20.2 Å². The van der Waals surface area contributed by atoms with Crippen LogP contribution in [0, 0.1) is 11.3 Å². The van der Waals surface area contributed by atoms with E-state index in [0.717, 1.165) is 18.8 Å². The van der Waals surface area contributed by atoms with Crippen molar-refractivity contribution in [3.8, 4) is 5.75 Å². The smallest absolute Gasteiger partial charge is 0.122 e. The fourth-order valence-electron chi connectivity index (χ4n) is 3.87. The molecule has 1 aliphatic rings. The lowest BCUT2D eigenvalue weighted by Gasteiger charge is -2.54. The molecule has 0 radical (unpaired) electrons. The van der Waals surface area contributed by atoms with Gasteiger partial charge >= 0.3 is 0 Å². The summed E-state index contributed by atoms with van der Waals surface area (Å²) in [6.45, 7) is 11.4. The Morgan fingerprint density at radius 1 is 1.20 bits per heavy atom. The highest BCUT2D eigenvalue weighted by molar-refractivity contribution is 5.42. The molecular weight excluding hydrogens is 246 g/mol. The first-order chi connectivity index (χ1) is 9.38. The molecule has 1 N–H and O–H groups in total. The van der Waals surface area contributed by atoms with Gasteiger partial charge in [0, 0.05) is 17.5 Å². The summed E-state index contributed by atoms with van der Waals surface area (Å²) in [4.78, 5) is 0. The minimum atomic E-state index is 0.241. The summed E-state index contributed by atoms with van der Waals surface area (Å²) in [5.41, 5.74) is 2.06. The lowest BCUT2D eigenvalue weighted by atomic mass is 9.51. The molecule has 0 bridgehead atoms. The Balaban J connectivity index is 2.19. The topological polar surface area (TPSA) is 21.3 Å². The second kappa shape index (κ2) is 5.77. The summed E-state index contributed by atoms with van der Waals surface area (Å²) >= 11 is 0. The van der Waals surface area contributed by atoms with Gasteiger partial charge in [0.1, 0.15) is 5.75 Å². The van der Waals surface area contributed by atoms with Crippen LogP contribution in [0.2, 0.25) is 0 Å². The van der Waals surface area contributed by atoms with Gasteiger partial charge in [0.15, 0.2) is 0 Å². The van der Waals surface area contributed by atoms with E-state index in [9.17, 15) is 0 Å². The molecule has 1 aromatic carbocycles. The van der Waals surface area contributed by atoms with Gasteiger partial charge in [0.05, 0.1) is 7.11 Å². The summed E-state index contributed by atoms with van der Waals surface area (Å²) in [6.07, 6.45) is 2.46. The third-order valence-corrected chi connectivity index (χ3v) is 4.33. The van der Waals surface area contributed by atoms with Crippen LogP contribution in [0.25, 0.3) is 0 Å². The zero-order chi connectivity index (χ0) is 14.8. The molecule has 2 heteroatoms. The van der Waals surface area contributed by atoms with E-state index in [2.05, 4.69) is 57.3 Å². The zero-order valence-electron chi connectivity index (χ0n) is 13.6. The molecule has 0 atom stereocenters. The van der Waals surface area contributed by atoms with E-state index >= 15 is 0 Å². The van der Waals surface area contributed by atoms with Crippen molar-refractivity contribution in [3.05, 3.63) is 29.8 Å². The molecule has 2 nitrogen and oxygen atoms in total. The van der Waals surface area contributed by atoms with Crippen LogP contribution in [0.1, 0.15) is 46.1 Å². The molecule has 20 heavy (non-hydrogen) atoms. The van der Waals surface area contributed by atoms with E-state index < -0.39 is 0 Å².